The lowest BCUT2D eigenvalue weighted by Gasteiger charge is -2.24. The van der Waals surface area contributed by atoms with Gasteiger partial charge in [0.15, 0.2) is 0 Å². The summed E-state index contributed by atoms with van der Waals surface area (Å²) in [5.41, 5.74) is 0. The summed E-state index contributed by atoms with van der Waals surface area (Å²) in [6.07, 6.45) is 20.4. The van der Waals surface area contributed by atoms with Crippen molar-refractivity contribution < 1.29 is 22.8 Å². The Kier molecular flexibility index (Phi) is 20.1. The van der Waals surface area contributed by atoms with E-state index in [9.17, 15) is 4.79 Å². The molecule has 5 nitrogen and oxygen atoms in total. The summed E-state index contributed by atoms with van der Waals surface area (Å²) in [5.74, 6) is -0.311. The third kappa shape index (κ3) is 16.8. The quantitative estimate of drug-likeness (QED) is 0.0855. The molecule has 29 heavy (non-hydrogen) atoms. The van der Waals surface area contributed by atoms with Crippen molar-refractivity contribution in [2.45, 2.75) is 102 Å². The Balaban J connectivity index is 3.22. The van der Waals surface area contributed by atoms with E-state index in [-0.39, 0.29) is 5.97 Å². The Morgan fingerprint density at radius 3 is 1.34 bits per heavy atom. The maximum atomic E-state index is 10.9. The van der Waals surface area contributed by atoms with E-state index in [4.69, 9.17) is 18.0 Å². The predicted molar refractivity (Wildman–Crippen MR) is 122 cm³/mol. The molecule has 0 aliphatic rings. The lowest BCUT2D eigenvalue weighted by molar-refractivity contribution is -0.137. The van der Waals surface area contributed by atoms with Gasteiger partial charge in [-0.1, -0.05) is 90.0 Å². The van der Waals surface area contributed by atoms with Gasteiger partial charge in [-0.25, -0.2) is 4.79 Å². The average Bonchev–Trinajstić information content (AvgIpc) is 2.75. The molecule has 0 aromatic rings. The van der Waals surface area contributed by atoms with Crippen LogP contribution in [0.25, 0.3) is 0 Å². The summed E-state index contributed by atoms with van der Waals surface area (Å²) in [6.45, 7) is 3.91. The molecule has 0 N–H and O–H groups in total. The molecular weight excluding hydrogens is 384 g/mol. The van der Waals surface area contributed by atoms with E-state index in [2.05, 4.69) is 6.58 Å². The molecule has 0 aliphatic heterocycles. The van der Waals surface area contributed by atoms with Crippen molar-refractivity contribution in [2.75, 3.05) is 27.9 Å². The van der Waals surface area contributed by atoms with Crippen LogP contribution >= 0.6 is 0 Å². The van der Waals surface area contributed by atoms with Gasteiger partial charge >= 0.3 is 14.8 Å². The first-order chi connectivity index (χ1) is 14.1. The van der Waals surface area contributed by atoms with E-state index in [1.54, 1.807) is 21.3 Å². The van der Waals surface area contributed by atoms with E-state index in [1.165, 1.54) is 83.1 Å². The summed E-state index contributed by atoms with van der Waals surface area (Å²) >= 11 is 0. The highest BCUT2D eigenvalue weighted by Crippen LogP contribution is 2.18. The van der Waals surface area contributed by atoms with E-state index in [0.717, 1.165) is 25.3 Å². The summed E-state index contributed by atoms with van der Waals surface area (Å²) in [5, 5.41) is 0. The lowest BCUT2D eigenvalue weighted by Crippen LogP contribution is -2.42. The minimum absolute atomic E-state index is 0.311. The zero-order valence-electron chi connectivity index (χ0n) is 19.3. The third-order valence-corrected chi connectivity index (χ3v) is 8.30. The number of esters is 1. The molecule has 0 saturated carbocycles. The summed E-state index contributed by atoms with van der Waals surface area (Å²) < 4.78 is 21.3. The van der Waals surface area contributed by atoms with Crippen LogP contribution in [0.2, 0.25) is 6.04 Å². The first-order valence-electron chi connectivity index (χ1n) is 11.6. The highest BCUT2D eigenvalue weighted by atomic mass is 28.4. The molecule has 0 aromatic carbocycles. The fourth-order valence-electron chi connectivity index (χ4n) is 3.53. The lowest BCUT2D eigenvalue weighted by atomic mass is 10.0. The largest absolute Gasteiger partial charge is 0.500 e. The third-order valence-electron chi connectivity index (χ3n) is 5.47. The van der Waals surface area contributed by atoms with Crippen LogP contribution in [0, 0.1) is 0 Å². The number of hydrogen-bond acceptors (Lipinski definition) is 5. The first-order valence-corrected chi connectivity index (χ1v) is 13.5. The monoisotopic (exact) mass is 430 g/mol. The molecule has 0 unspecified atom stereocenters. The molecule has 0 atom stereocenters. The molecule has 6 heteroatoms. The molecule has 0 radical (unpaired) electrons. The Bertz CT molecular complexity index is 377. The molecule has 0 spiro atoms. The highest BCUT2D eigenvalue weighted by Gasteiger charge is 2.36. The fraction of sp³-hybridized carbons (Fsp3) is 0.870. The van der Waals surface area contributed by atoms with Crippen LogP contribution < -0.4 is 0 Å². The smallest absolute Gasteiger partial charge is 0.463 e. The van der Waals surface area contributed by atoms with Crippen molar-refractivity contribution in [1.29, 1.82) is 0 Å². The van der Waals surface area contributed by atoms with E-state index in [1.807, 2.05) is 0 Å². The van der Waals surface area contributed by atoms with Crippen LogP contribution in [-0.2, 0) is 22.8 Å². The second kappa shape index (κ2) is 20.6. The SMILES string of the molecule is C=CC(=O)OCCCCCCCCCCCCCCCCC[Si](OC)(OC)OC. The van der Waals surface area contributed by atoms with Gasteiger partial charge in [0.1, 0.15) is 0 Å². The van der Waals surface area contributed by atoms with Crippen molar-refractivity contribution in [1.82, 2.24) is 0 Å². The van der Waals surface area contributed by atoms with Gasteiger partial charge in [0, 0.05) is 33.4 Å². The average molecular weight is 431 g/mol. The van der Waals surface area contributed by atoms with Crippen molar-refractivity contribution in [2.24, 2.45) is 0 Å². The number of hydrogen-bond donors (Lipinski definition) is 0. The Hall–Kier alpha value is -0.693. The van der Waals surface area contributed by atoms with Gasteiger partial charge in [-0.05, 0) is 12.8 Å². The van der Waals surface area contributed by atoms with Crippen molar-refractivity contribution in [3.8, 4) is 0 Å². The number of carbonyl (C=O) groups is 1. The van der Waals surface area contributed by atoms with Crippen LogP contribution in [0.1, 0.15) is 96.3 Å². The minimum atomic E-state index is -2.35. The number of rotatable bonds is 22. The summed E-state index contributed by atoms with van der Waals surface area (Å²) in [6, 6.07) is 0.916. The molecule has 0 aliphatic carbocycles. The Morgan fingerprint density at radius 1 is 0.655 bits per heavy atom. The van der Waals surface area contributed by atoms with Crippen LogP contribution in [0.4, 0.5) is 0 Å². The zero-order valence-corrected chi connectivity index (χ0v) is 20.3. The molecule has 0 rings (SSSR count). The maximum absolute atomic E-state index is 10.9. The van der Waals surface area contributed by atoms with Gasteiger partial charge in [-0.15, -0.1) is 0 Å². The predicted octanol–water partition coefficient (Wildman–Crippen LogP) is 6.45. The second-order valence-electron chi connectivity index (χ2n) is 7.72. The molecule has 0 saturated heterocycles. The van der Waals surface area contributed by atoms with Crippen molar-refractivity contribution in [3.63, 3.8) is 0 Å². The zero-order chi connectivity index (χ0) is 21.6. The minimum Gasteiger partial charge on any atom is -0.463 e. The standard InChI is InChI=1S/C23H46O5Si/c1-5-23(24)28-21-19-17-15-13-11-9-7-6-8-10-12-14-16-18-20-22-29(25-2,26-3)27-4/h5H,1,6-22H2,2-4H3. The van der Waals surface area contributed by atoms with Crippen LogP contribution in [0.5, 0.6) is 0 Å². The van der Waals surface area contributed by atoms with E-state index in [0.29, 0.717) is 6.61 Å². The van der Waals surface area contributed by atoms with Crippen LogP contribution in [-0.4, -0.2) is 42.7 Å². The fourth-order valence-corrected chi connectivity index (χ4v) is 5.32. The number of carbonyl (C=O) groups excluding carboxylic acids is 1. The molecule has 0 heterocycles. The van der Waals surface area contributed by atoms with Gasteiger partial charge in [0.25, 0.3) is 0 Å². The highest BCUT2D eigenvalue weighted by molar-refractivity contribution is 6.60. The summed E-state index contributed by atoms with van der Waals surface area (Å²) in [7, 11) is 2.71. The van der Waals surface area contributed by atoms with Gasteiger partial charge in [0.05, 0.1) is 6.61 Å². The molecular formula is C23H46O5Si. The molecule has 0 amide bonds. The van der Waals surface area contributed by atoms with Crippen LogP contribution in [0.3, 0.4) is 0 Å². The summed E-state index contributed by atoms with van der Waals surface area (Å²) in [4.78, 5) is 10.9. The molecule has 172 valence electrons. The molecule has 0 fully saturated rings. The van der Waals surface area contributed by atoms with Crippen molar-refractivity contribution in [3.05, 3.63) is 12.7 Å². The Morgan fingerprint density at radius 2 is 1.00 bits per heavy atom. The Labute approximate surface area is 180 Å². The number of ether oxygens (including phenoxy) is 1. The van der Waals surface area contributed by atoms with E-state index < -0.39 is 8.80 Å². The first kappa shape index (κ1) is 28.3. The van der Waals surface area contributed by atoms with Crippen LogP contribution in [0.15, 0.2) is 12.7 Å². The number of unbranched alkanes of at least 4 members (excludes halogenated alkanes) is 14. The van der Waals surface area contributed by atoms with E-state index >= 15 is 0 Å². The van der Waals surface area contributed by atoms with Gasteiger partial charge in [-0.2, -0.15) is 0 Å². The van der Waals surface area contributed by atoms with Gasteiger partial charge in [0.2, 0.25) is 0 Å². The van der Waals surface area contributed by atoms with Crippen molar-refractivity contribution >= 4 is 14.8 Å². The second-order valence-corrected chi connectivity index (χ2v) is 10.8. The topological polar surface area (TPSA) is 54.0 Å². The molecule has 0 aromatic heterocycles. The van der Waals surface area contributed by atoms with Gasteiger partial charge in [-0.3, -0.25) is 0 Å². The van der Waals surface area contributed by atoms with Gasteiger partial charge < -0.3 is 18.0 Å². The normalized spacial score (nSPS) is 11.6. The molecule has 0 bridgehead atoms. The maximum Gasteiger partial charge on any atom is 0.500 e.